The monoisotopic (exact) mass is 1620 g/mol. The van der Waals surface area contributed by atoms with E-state index in [-0.39, 0.29) is 28.4 Å². The maximum Gasteiger partial charge on any atom is 0.252 e. The average Bonchev–Trinajstić information content (AvgIpc) is 1.36. The van der Waals surface area contributed by atoms with Crippen molar-refractivity contribution in [3.05, 3.63) is 392 Å². The third-order valence-electron chi connectivity index (χ3n) is 25.8. The topological polar surface area (TPSA) is 6.48 Å². The third-order valence-corrected chi connectivity index (χ3v) is 28.1. The van der Waals surface area contributed by atoms with Crippen molar-refractivity contribution in [1.82, 2.24) is 0 Å². The Labute approximate surface area is 732 Å². The SMILES string of the molecule is CC(C)(C)c1cc(-c2cc3c4c(c2)N(c2c(-c5cccc6sc7ccccc7c56)cc(C(C)(C)C)cc2-c2cccc5sc6ccccc6c25)c2ccc(-c5cccc(-c6ccccc6)c5)cc2B4c2ccc(-c4cc(-c5ccccc5)cc(-c5ccccc5)c4)cc2N3c2c(-c3ccccc3)cc(C(C)(C)C)cc2-c2ccccc2)cc(C(C)(C)C)c1. The molecule has 123 heavy (non-hydrogen) atoms. The van der Waals surface area contributed by atoms with Gasteiger partial charge in [0.25, 0.3) is 6.71 Å². The fourth-order valence-corrected chi connectivity index (χ4v) is 21.5. The molecule has 17 aromatic carbocycles. The van der Waals surface area contributed by atoms with Crippen LogP contribution in [0.15, 0.2) is 370 Å². The minimum atomic E-state index is -0.335. The standard InChI is InChI=1S/C118H97BN2S2/c1-115(2,3)88-63-86(64-89(69-88)116(4,5)6)87-67-104-112-105(68-87)121(113-96(77-41-24-16-25-42-77)70-90(117(7,8)9)71-97(113)78-43-26-17-27-44-78)103-66-82(85-61-83(75-37-20-14-21-38-75)60-84(62-85)76-39-22-15-23-40-76)55-57-100(103)119(112)101-65-81(80-46-32-45-79(59-80)74-35-18-13-19-36-74)56-58-102(101)120(104)114-98(92-49-33-53-108-110(92)94-47-28-30-51-106(94)122-108)72-91(118(10,11)12)73-99(114)93-50-34-54-109-111(93)95-48-29-31-52-107(95)123-109/h13-73H,1-12H3. The van der Waals surface area contributed by atoms with Crippen molar-refractivity contribution in [2.45, 2.75) is 105 Å². The van der Waals surface area contributed by atoms with Crippen LogP contribution in [0.1, 0.15) is 105 Å². The van der Waals surface area contributed by atoms with Gasteiger partial charge in [-0.3, -0.25) is 0 Å². The summed E-state index contributed by atoms with van der Waals surface area (Å²) in [6.45, 7) is 28.3. The Hall–Kier alpha value is -13.2. The molecule has 0 spiro atoms. The molecule has 0 saturated carbocycles. The van der Waals surface area contributed by atoms with Crippen LogP contribution < -0.4 is 26.2 Å². The van der Waals surface area contributed by atoms with E-state index in [4.69, 9.17) is 0 Å². The Kier molecular flexibility index (Phi) is 18.7. The fraction of sp³-hybridized carbons (Fsp3) is 0.136. The summed E-state index contributed by atoms with van der Waals surface area (Å²) in [5.41, 5.74) is 37.8. The maximum absolute atomic E-state index is 2.81. The maximum atomic E-state index is 2.81. The first-order valence-electron chi connectivity index (χ1n) is 43.4. The molecule has 5 heteroatoms. The summed E-state index contributed by atoms with van der Waals surface area (Å²) in [4.78, 5) is 5.59. The van der Waals surface area contributed by atoms with E-state index in [1.807, 2.05) is 22.7 Å². The molecular formula is C118H97BN2S2. The van der Waals surface area contributed by atoms with Crippen LogP contribution in [-0.4, -0.2) is 6.71 Å². The number of fused-ring (bicyclic) bond motifs is 10. The molecule has 2 aliphatic rings. The number of thiophene rings is 2. The van der Waals surface area contributed by atoms with Crippen molar-refractivity contribution in [1.29, 1.82) is 0 Å². The molecular weight excluding hydrogens is 1520 g/mol. The number of benzene rings is 17. The van der Waals surface area contributed by atoms with E-state index in [0.717, 1.165) is 95.3 Å². The van der Waals surface area contributed by atoms with Gasteiger partial charge in [-0.1, -0.05) is 356 Å². The van der Waals surface area contributed by atoms with Crippen molar-refractivity contribution >= 4 is 120 Å². The Morgan fingerprint density at radius 3 is 0.992 bits per heavy atom. The van der Waals surface area contributed by atoms with Crippen LogP contribution >= 0.6 is 22.7 Å². The van der Waals surface area contributed by atoms with Gasteiger partial charge in [0.15, 0.2) is 0 Å². The second kappa shape index (κ2) is 29.9. The first-order valence-corrected chi connectivity index (χ1v) is 45.1. The van der Waals surface area contributed by atoms with Crippen molar-refractivity contribution in [2.75, 3.05) is 9.80 Å². The van der Waals surface area contributed by atoms with Crippen LogP contribution in [0.4, 0.5) is 34.1 Å². The van der Waals surface area contributed by atoms with E-state index in [1.54, 1.807) is 0 Å². The molecule has 2 aromatic heterocycles. The summed E-state index contributed by atoms with van der Waals surface area (Å²) < 4.78 is 5.07. The van der Waals surface area contributed by atoms with Crippen molar-refractivity contribution in [3.63, 3.8) is 0 Å². The summed E-state index contributed by atoms with van der Waals surface area (Å²) in [5.74, 6) is 0. The van der Waals surface area contributed by atoms with Crippen molar-refractivity contribution in [2.24, 2.45) is 0 Å². The Bertz CT molecular complexity index is 7100. The van der Waals surface area contributed by atoms with Crippen LogP contribution in [0.3, 0.4) is 0 Å². The van der Waals surface area contributed by atoms with Crippen LogP contribution in [0.2, 0.25) is 0 Å². The molecule has 0 bridgehead atoms. The quantitative estimate of drug-likeness (QED) is 0.113. The number of hydrogen-bond acceptors (Lipinski definition) is 4. The number of rotatable bonds is 12. The predicted molar refractivity (Wildman–Crippen MR) is 535 cm³/mol. The highest BCUT2D eigenvalue weighted by molar-refractivity contribution is 7.26. The molecule has 19 aromatic rings. The Balaban J connectivity index is 0.979. The largest absolute Gasteiger partial charge is 0.310 e. The van der Waals surface area contributed by atoms with Gasteiger partial charge >= 0.3 is 0 Å². The van der Waals surface area contributed by atoms with Crippen LogP contribution in [0.5, 0.6) is 0 Å². The number of nitrogens with zero attached hydrogens (tertiary/aromatic N) is 2. The minimum absolute atomic E-state index is 0.200. The third kappa shape index (κ3) is 13.7. The first kappa shape index (κ1) is 77.2. The molecule has 0 fully saturated rings. The molecule has 2 nitrogen and oxygen atoms in total. The van der Waals surface area contributed by atoms with Crippen LogP contribution in [0, 0.1) is 0 Å². The second-order valence-corrected chi connectivity index (χ2v) is 40.1. The van der Waals surface area contributed by atoms with E-state index in [9.17, 15) is 0 Å². The van der Waals surface area contributed by atoms with E-state index in [2.05, 4.69) is 463 Å². The summed E-state index contributed by atoms with van der Waals surface area (Å²) in [6, 6.07) is 143. The summed E-state index contributed by atoms with van der Waals surface area (Å²) in [6.07, 6.45) is 0. The highest BCUT2D eigenvalue weighted by Crippen LogP contribution is 2.58. The van der Waals surface area contributed by atoms with E-state index >= 15 is 0 Å². The van der Waals surface area contributed by atoms with E-state index in [1.165, 1.54) is 129 Å². The second-order valence-electron chi connectivity index (χ2n) is 38.0. The number of hydrogen-bond donors (Lipinski definition) is 0. The normalized spacial score (nSPS) is 12.8. The lowest BCUT2D eigenvalue weighted by Gasteiger charge is -2.46. The molecule has 0 amide bonds. The molecule has 0 unspecified atom stereocenters. The van der Waals surface area contributed by atoms with Crippen LogP contribution in [-0.2, 0) is 21.7 Å². The molecule has 21 rings (SSSR count). The average molecular weight is 1620 g/mol. The molecule has 2 aliphatic heterocycles. The van der Waals surface area contributed by atoms with Gasteiger partial charge in [-0.05, 0) is 246 Å². The van der Waals surface area contributed by atoms with Gasteiger partial charge in [-0.25, -0.2) is 0 Å². The van der Waals surface area contributed by atoms with Gasteiger partial charge in [-0.15, -0.1) is 22.7 Å². The summed E-state index contributed by atoms with van der Waals surface area (Å²) in [7, 11) is 0. The van der Waals surface area contributed by atoms with Crippen molar-refractivity contribution in [3.8, 4) is 111 Å². The number of anilines is 6. The molecule has 0 saturated heterocycles. The zero-order chi connectivity index (χ0) is 84.0. The zero-order valence-electron chi connectivity index (χ0n) is 72.0. The molecule has 0 aliphatic carbocycles. The van der Waals surface area contributed by atoms with Gasteiger partial charge < -0.3 is 9.80 Å². The molecule has 0 atom stereocenters. The Morgan fingerprint density at radius 1 is 0.203 bits per heavy atom. The first-order chi connectivity index (χ1) is 59.5. The predicted octanol–water partition coefficient (Wildman–Crippen LogP) is 32.4. The summed E-state index contributed by atoms with van der Waals surface area (Å²) >= 11 is 3.79. The Morgan fingerprint density at radius 2 is 0.520 bits per heavy atom. The van der Waals surface area contributed by atoms with E-state index in [0.29, 0.717) is 0 Å². The van der Waals surface area contributed by atoms with Crippen LogP contribution in [0.25, 0.3) is 152 Å². The summed E-state index contributed by atoms with van der Waals surface area (Å²) in [5, 5.41) is 5.06. The molecule has 0 N–H and O–H groups in total. The molecule has 4 heterocycles. The zero-order valence-corrected chi connectivity index (χ0v) is 73.6. The van der Waals surface area contributed by atoms with Gasteiger partial charge in [-0.2, -0.15) is 0 Å². The lowest BCUT2D eigenvalue weighted by Crippen LogP contribution is -2.61. The van der Waals surface area contributed by atoms with Gasteiger partial charge in [0.2, 0.25) is 0 Å². The van der Waals surface area contributed by atoms with Gasteiger partial charge in [0, 0.05) is 85.3 Å². The lowest BCUT2D eigenvalue weighted by molar-refractivity contribution is 0.569. The lowest BCUT2D eigenvalue weighted by atomic mass is 9.33. The van der Waals surface area contributed by atoms with Crippen molar-refractivity contribution < 1.29 is 0 Å². The smallest absolute Gasteiger partial charge is 0.252 e. The van der Waals surface area contributed by atoms with Gasteiger partial charge in [0.1, 0.15) is 0 Å². The highest BCUT2D eigenvalue weighted by atomic mass is 32.1. The fourth-order valence-electron chi connectivity index (χ4n) is 19.3. The molecule has 0 radical (unpaired) electrons. The molecule has 594 valence electrons. The minimum Gasteiger partial charge on any atom is -0.310 e. The van der Waals surface area contributed by atoms with Gasteiger partial charge in [0.05, 0.1) is 11.4 Å². The van der Waals surface area contributed by atoms with E-state index < -0.39 is 0 Å². The highest BCUT2D eigenvalue weighted by Gasteiger charge is 2.47.